The molecule has 0 unspecified atom stereocenters. The Bertz CT molecular complexity index is 1060. The SMILES string of the molecule is O=C(c1cc(=O)c2ccccc2o1)N1CC[C@@H]2OCc3cnnn3[C@H]2C1. The summed E-state index contributed by atoms with van der Waals surface area (Å²) < 4.78 is 13.4. The normalized spacial score (nSPS) is 22.1. The Kier molecular flexibility index (Phi) is 3.39. The fourth-order valence-corrected chi connectivity index (χ4v) is 3.73. The predicted octanol–water partition coefficient (Wildman–Crippen LogP) is 1.37. The Morgan fingerprint density at radius 3 is 3.08 bits per heavy atom. The number of piperidine rings is 1. The van der Waals surface area contributed by atoms with Crippen LogP contribution in [0.1, 0.15) is 28.7 Å². The lowest BCUT2D eigenvalue weighted by atomic mass is 10.00. The van der Waals surface area contributed by atoms with Crippen molar-refractivity contribution in [2.24, 2.45) is 0 Å². The molecule has 4 heterocycles. The smallest absolute Gasteiger partial charge is 0.289 e. The topological polar surface area (TPSA) is 90.5 Å². The minimum absolute atomic E-state index is 0.0110. The van der Waals surface area contributed by atoms with Crippen molar-refractivity contribution in [3.8, 4) is 0 Å². The van der Waals surface area contributed by atoms with Gasteiger partial charge in [0.15, 0.2) is 11.2 Å². The molecule has 5 rings (SSSR count). The van der Waals surface area contributed by atoms with Gasteiger partial charge in [-0.05, 0) is 18.6 Å². The number of carbonyl (C=O) groups excluding carboxylic acids is 1. The molecule has 2 aromatic heterocycles. The minimum atomic E-state index is -0.293. The molecular formula is C18H16N4O4. The van der Waals surface area contributed by atoms with Gasteiger partial charge in [0.25, 0.3) is 5.91 Å². The van der Waals surface area contributed by atoms with Gasteiger partial charge in [-0.3, -0.25) is 9.59 Å². The van der Waals surface area contributed by atoms with Crippen LogP contribution < -0.4 is 5.43 Å². The zero-order chi connectivity index (χ0) is 17.7. The molecule has 8 nitrogen and oxygen atoms in total. The Labute approximate surface area is 148 Å². The second-order valence-corrected chi connectivity index (χ2v) is 6.60. The number of likely N-dealkylation sites (tertiary alicyclic amines) is 1. The summed E-state index contributed by atoms with van der Waals surface area (Å²) in [5, 5.41) is 8.54. The maximum Gasteiger partial charge on any atom is 0.289 e. The zero-order valence-electron chi connectivity index (χ0n) is 13.9. The molecule has 1 fully saturated rings. The van der Waals surface area contributed by atoms with E-state index in [1.165, 1.54) is 6.07 Å². The van der Waals surface area contributed by atoms with Crippen LogP contribution in [-0.2, 0) is 11.3 Å². The number of rotatable bonds is 1. The average Bonchev–Trinajstić information content (AvgIpc) is 3.16. The predicted molar refractivity (Wildman–Crippen MR) is 90.6 cm³/mol. The van der Waals surface area contributed by atoms with Crippen molar-refractivity contribution in [1.29, 1.82) is 0 Å². The van der Waals surface area contributed by atoms with E-state index < -0.39 is 0 Å². The summed E-state index contributed by atoms with van der Waals surface area (Å²) in [6, 6.07) is 8.12. The highest BCUT2D eigenvalue weighted by Gasteiger charge is 2.38. The molecule has 0 aliphatic carbocycles. The maximum atomic E-state index is 12.9. The van der Waals surface area contributed by atoms with Gasteiger partial charge in [-0.15, -0.1) is 5.10 Å². The van der Waals surface area contributed by atoms with Crippen LogP contribution in [0.15, 0.2) is 45.7 Å². The van der Waals surface area contributed by atoms with E-state index in [1.54, 1.807) is 35.4 Å². The lowest BCUT2D eigenvalue weighted by Crippen LogP contribution is -2.50. The van der Waals surface area contributed by atoms with Gasteiger partial charge in [0, 0.05) is 19.2 Å². The van der Waals surface area contributed by atoms with Crippen LogP contribution in [0.25, 0.3) is 11.0 Å². The van der Waals surface area contributed by atoms with Crippen LogP contribution in [0.4, 0.5) is 0 Å². The Hall–Kier alpha value is -3.00. The fourth-order valence-electron chi connectivity index (χ4n) is 3.73. The number of fused-ring (bicyclic) bond motifs is 4. The highest BCUT2D eigenvalue weighted by atomic mass is 16.5. The van der Waals surface area contributed by atoms with E-state index in [1.807, 2.05) is 4.68 Å². The molecule has 0 radical (unpaired) electrons. The molecule has 2 atom stereocenters. The summed E-state index contributed by atoms with van der Waals surface area (Å²) in [4.78, 5) is 26.9. The van der Waals surface area contributed by atoms with Crippen molar-refractivity contribution in [3.05, 3.63) is 58.2 Å². The van der Waals surface area contributed by atoms with Gasteiger partial charge in [0.1, 0.15) is 5.58 Å². The van der Waals surface area contributed by atoms with Gasteiger partial charge in [-0.1, -0.05) is 17.3 Å². The second-order valence-electron chi connectivity index (χ2n) is 6.60. The number of para-hydroxylation sites is 1. The monoisotopic (exact) mass is 352 g/mol. The number of nitrogens with zero attached hydrogens (tertiary/aromatic N) is 4. The Morgan fingerprint density at radius 1 is 1.27 bits per heavy atom. The van der Waals surface area contributed by atoms with Crippen LogP contribution in [0.2, 0.25) is 0 Å². The Morgan fingerprint density at radius 2 is 2.15 bits per heavy atom. The number of benzene rings is 1. The van der Waals surface area contributed by atoms with Crippen LogP contribution in [0, 0.1) is 0 Å². The van der Waals surface area contributed by atoms with Gasteiger partial charge >= 0.3 is 0 Å². The number of ether oxygens (including phenoxy) is 1. The highest BCUT2D eigenvalue weighted by molar-refractivity contribution is 5.93. The number of carbonyl (C=O) groups is 1. The summed E-state index contributed by atoms with van der Waals surface area (Å²) in [6.45, 7) is 1.47. The molecule has 0 bridgehead atoms. The number of amides is 1. The first-order valence-corrected chi connectivity index (χ1v) is 8.53. The third-order valence-electron chi connectivity index (χ3n) is 5.06. The first-order chi connectivity index (χ1) is 12.7. The number of hydrogen-bond donors (Lipinski definition) is 0. The maximum absolute atomic E-state index is 12.9. The molecule has 0 saturated carbocycles. The quantitative estimate of drug-likeness (QED) is 0.657. The first-order valence-electron chi connectivity index (χ1n) is 8.53. The van der Waals surface area contributed by atoms with Gasteiger partial charge in [-0.25, -0.2) is 4.68 Å². The molecular weight excluding hydrogens is 336 g/mol. The molecule has 0 spiro atoms. The molecule has 1 saturated heterocycles. The summed E-state index contributed by atoms with van der Waals surface area (Å²) in [7, 11) is 0. The largest absolute Gasteiger partial charge is 0.451 e. The van der Waals surface area contributed by atoms with Crippen molar-refractivity contribution < 1.29 is 13.9 Å². The molecule has 8 heteroatoms. The zero-order valence-corrected chi connectivity index (χ0v) is 13.9. The van der Waals surface area contributed by atoms with E-state index in [0.29, 0.717) is 37.1 Å². The Balaban J connectivity index is 1.46. The fraction of sp³-hybridized carbons (Fsp3) is 0.333. The van der Waals surface area contributed by atoms with E-state index in [9.17, 15) is 9.59 Å². The van der Waals surface area contributed by atoms with Crippen molar-refractivity contribution in [1.82, 2.24) is 19.9 Å². The molecule has 1 aromatic carbocycles. The highest BCUT2D eigenvalue weighted by Crippen LogP contribution is 2.30. The van der Waals surface area contributed by atoms with Crippen LogP contribution >= 0.6 is 0 Å². The molecule has 132 valence electrons. The van der Waals surface area contributed by atoms with E-state index in [2.05, 4.69) is 10.3 Å². The summed E-state index contributed by atoms with van der Waals surface area (Å²) in [5.74, 6) is -0.235. The van der Waals surface area contributed by atoms with Gasteiger partial charge in [0.2, 0.25) is 0 Å². The van der Waals surface area contributed by atoms with Crippen molar-refractivity contribution >= 4 is 16.9 Å². The third kappa shape index (κ3) is 2.33. The van der Waals surface area contributed by atoms with Gasteiger partial charge < -0.3 is 14.1 Å². The standard InChI is InChI=1S/C18H16N4O4/c23-14-7-17(26-15-4-2-1-3-12(14)15)18(24)21-6-5-16-13(9-21)22-11(10-25-16)8-19-20-22/h1-4,7-8,13,16H,5-6,9-10H2/t13-,16-/m0/s1. The van der Waals surface area contributed by atoms with Crippen LogP contribution in [0.3, 0.4) is 0 Å². The van der Waals surface area contributed by atoms with Crippen molar-refractivity contribution in [2.75, 3.05) is 13.1 Å². The third-order valence-corrected chi connectivity index (χ3v) is 5.06. The van der Waals surface area contributed by atoms with Gasteiger partial charge in [0.05, 0.1) is 36.0 Å². The number of hydrogen-bond acceptors (Lipinski definition) is 6. The molecule has 0 N–H and O–H groups in total. The molecule has 26 heavy (non-hydrogen) atoms. The van der Waals surface area contributed by atoms with Crippen LogP contribution in [0.5, 0.6) is 0 Å². The lowest BCUT2D eigenvalue weighted by molar-refractivity contribution is -0.0608. The van der Waals surface area contributed by atoms with E-state index in [4.69, 9.17) is 9.15 Å². The average molecular weight is 352 g/mol. The molecule has 1 amide bonds. The lowest BCUT2D eigenvalue weighted by Gasteiger charge is -2.40. The second kappa shape index (κ2) is 5.77. The van der Waals surface area contributed by atoms with Crippen LogP contribution in [-0.4, -0.2) is 45.0 Å². The summed E-state index contributed by atoms with van der Waals surface area (Å²) >= 11 is 0. The molecule has 3 aromatic rings. The molecule has 2 aliphatic rings. The summed E-state index contributed by atoms with van der Waals surface area (Å²) in [6.07, 6.45) is 2.39. The van der Waals surface area contributed by atoms with E-state index in [-0.39, 0.29) is 29.2 Å². The molecule has 2 aliphatic heterocycles. The number of aromatic nitrogens is 3. The summed E-state index contributed by atoms with van der Waals surface area (Å²) in [5.41, 5.74) is 1.10. The van der Waals surface area contributed by atoms with E-state index >= 15 is 0 Å². The van der Waals surface area contributed by atoms with Crippen molar-refractivity contribution in [3.63, 3.8) is 0 Å². The minimum Gasteiger partial charge on any atom is -0.451 e. The van der Waals surface area contributed by atoms with Gasteiger partial charge in [-0.2, -0.15) is 0 Å². The van der Waals surface area contributed by atoms with E-state index in [0.717, 1.165) is 5.69 Å². The first kappa shape index (κ1) is 15.3. The van der Waals surface area contributed by atoms with Crippen molar-refractivity contribution in [2.45, 2.75) is 25.2 Å².